The summed E-state index contributed by atoms with van der Waals surface area (Å²) in [5, 5.41) is 3.26. The van der Waals surface area contributed by atoms with E-state index in [1.54, 1.807) is 19.1 Å². The van der Waals surface area contributed by atoms with Crippen LogP contribution in [-0.4, -0.2) is 17.8 Å². The minimum Gasteiger partial charge on any atom is -0.273 e. The third kappa shape index (κ3) is 4.31. The van der Waals surface area contributed by atoms with Crippen molar-refractivity contribution in [1.29, 1.82) is 0 Å². The lowest BCUT2D eigenvalue weighted by atomic mass is 9.97. The fourth-order valence-corrected chi connectivity index (χ4v) is 3.91. The summed E-state index contributed by atoms with van der Waals surface area (Å²) in [6.07, 6.45) is 2.02. The number of hydrogen-bond acceptors (Lipinski definition) is 3. The van der Waals surface area contributed by atoms with Crippen LogP contribution in [-0.2, 0) is 16.0 Å². The Morgan fingerprint density at radius 1 is 0.906 bits per heavy atom. The fraction of sp³-hybridized carbons (Fsp3) is 0.0800. The lowest BCUT2D eigenvalue weighted by molar-refractivity contribution is -0.122. The third-order valence-electron chi connectivity index (χ3n) is 5.21. The highest BCUT2D eigenvalue weighted by molar-refractivity contribution is 6.39. The molecule has 1 aliphatic rings. The highest BCUT2D eigenvalue weighted by atomic mass is 35.5. The molecule has 1 heterocycles. The van der Waals surface area contributed by atoms with Gasteiger partial charge in [0.05, 0.1) is 5.69 Å². The first-order valence-corrected chi connectivity index (χ1v) is 10.6. The van der Waals surface area contributed by atoms with E-state index in [1.165, 1.54) is 12.1 Å². The number of aryl methyl sites for hydroxylation is 1. The van der Waals surface area contributed by atoms with Crippen LogP contribution in [0.5, 0.6) is 0 Å². The number of carbonyl (C=O) groups excluding carboxylic acids is 3. The van der Waals surface area contributed by atoms with E-state index in [2.05, 4.69) is 5.32 Å². The van der Waals surface area contributed by atoms with Gasteiger partial charge in [-0.15, -0.1) is 0 Å². The van der Waals surface area contributed by atoms with Gasteiger partial charge < -0.3 is 0 Å². The topological polar surface area (TPSA) is 66.5 Å². The molecule has 4 amide bonds. The number of nitrogens with one attached hydrogen (secondary N) is 1. The average molecular weight is 465 g/mol. The molecular formula is C25H18Cl2N2O3. The molecule has 0 atom stereocenters. The lowest BCUT2D eigenvalue weighted by Crippen LogP contribution is -2.54. The van der Waals surface area contributed by atoms with Gasteiger partial charge in [0.15, 0.2) is 0 Å². The van der Waals surface area contributed by atoms with Gasteiger partial charge in [-0.25, -0.2) is 9.69 Å². The van der Waals surface area contributed by atoms with E-state index in [1.807, 2.05) is 48.5 Å². The minimum absolute atomic E-state index is 0.143. The van der Waals surface area contributed by atoms with Crippen LogP contribution in [0.1, 0.15) is 22.3 Å². The van der Waals surface area contributed by atoms with Crippen LogP contribution >= 0.6 is 23.2 Å². The van der Waals surface area contributed by atoms with Gasteiger partial charge in [-0.2, -0.15) is 0 Å². The second-order valence-electron chi connectivity index (χ2n) is 7.36. The predicted molar refractivity (Wildman–Crippen MR) is 126 cm³/mol. The van der Waals surface area contributed by atoms with Crippen LogP contribution in [0.2, 0.25) is 10.0 Å². The Balaban J connectivity index is 1.75. The number of nitrogens with zero attached hydrogens (tertiary/aromatic N) is 1. The van der Waals surface area contributed by atoms with Gasteiger partial charge in [-0.3, -0.25) is 14.9 Å². The summed E-state index contributed by atoms with van der Waals surface area (Å²) < 4.78 is 0. The summed E-state index contributed by atoms with van der Waals surface area (Å²) in [5.74, 6) is -1.46. The summed E-state index contributed by atoms with van der Waals surface area (Å²) in [6.45, 7) is 1.75. The molecule has 3 aromatic rings. The molecule has 0 saturated carbocycles. The molecule has 0 spiro atoms. The van der Waals surface area contributed by atoms with Crippen molar-refractivity contribution in [3.63, 3.8) is 0 Å². The molecule has 0 bridgehead atoms. The van der Waals surface area contributed by atoms with Crippen molar-refractivity contribution in [2.75, 3.05) is 4.90 Å². The first-order chi connectivity index (χ1) is 15.3. The van der Waals surface area contributed by atoms with Gasteiger partial charge in [0.2, 0.25) is 0 Å². The number of halogens is 2. The van der Waals surface area contributed by atoms with Crippen molar-refractivity contribution < 1.29 is 14.4 Å². The predicted octanol–water partition coefficient (Wildman–Crippen LogP) is 5.56. The summed E-state index contributed by atoms with van der Waals surface area (Å²) >= 11 is 12.4. The third-order valence-corrected chi connectivity index (χ3v) is 5.81. The minimum atomic E-state index is -0.813. The van der Waals surface area contributed by atoms with E-state index in [9.17, 15) is 14.4 Å². The van der Waals surface area contributed by atoms with Crippen LogP contribution in [0.15, 0.2) is 72.3 Å². The second-order valence-corrected chi connectivity index (χ2v) is 8.20. The van der Waals surface area contributed by atoms with Gasteiger partial charge in [-0.1, -0.05) is 71.7 Å². The number of carbonyl (C=O) groups is 3. The molecule has 32 heavy (non-hydrogen) atoms. The standard InChI is InChI=1S/C25H18Cl2N2O3/c1-15-10-11-19(26)14-22(15)29-24(31)20(23(30)28-25(29)32)13-17-7-3-2-6-16(17)12-18-8-4-5-9-21(18)27/h2-11,13-14H,12H2,1H3,(H,28,30,32)/b20-13+. The number of benzene rings is 3. The molecule has 0 unspecified atom stereocenters. The number of imide groups is 2. The van der Waals surface area contributed by atoms with Gasteiger partial charge >= 0.3 is 6.03 Å². The molecular weight excluding hydrogens is 447 g/mol. The SMILES string of the molecule is Cc1ccc(Cl)cc1N1C(=O)NC(=O)/C(=C\c2ccccc2Cc2ccccc2Cl)C1=O. The molecule has 5 nitrogen and oxygen atoms in total. The number of hydrogen-bond donors (Lipinski definition) is 1. The molecule has 1 saturated heterocycles. The Morgan fingerprint density at radius 3 is 2.34 bits per heavy atom. The van der Waals surface area contributed by atoms with E-state index in [-0.39, 0.29) is 5.57 Å². The van der Waals surface area contributed by atoms with E-state index >= 15 is 0 Å². The number of anilines is 1. The van der Waals surface area contributed by atoms with Crippen LogP contribution in [0.3, 0.4) is 0 Å². The van der Waals surface area contributed by atoms with Crippen LogP contribution in [0.4, 0.5) is 10.5 Å². The maximum Gasteiger partial charge on any atom is 0.335 e. The highest BCUT2D eigenvalue weighted by Crippen LogP contribution is 2.29. The largest absolute Gasteiger partial charge is 0.335 e. The van der Waals surface area contributed by atoms with Gasteiger partial charge in [-0.05, 0) is 59.9 Å². The van der Waals surface area contributed by atoms with E-state index in [0.29, 0.717) is 33.3 Å². The monoisotopic (exact) mass is 464 g/mol. The van der Waals surface area contributed by atoms with Crippen molar-refractivity contribution in [1.82, 2.24) is 5.32 Å². The molecule has 3 aromatic carbocycles. The van der Waals surface area contributed by atoms with E-state index < -0.39 is 17.8 Å². The Hall–Kier alpha value is -3.41. The zero-order valence-corrected chi connectivity index (χ0v) is 18.6. The Morgan fingerprint density at radius 2 is 1.59 bits per heavy atom. The Labute approximate surface area is 195 Å². The van der Waals surface area contributed by atoms with Crippen LogP contribution < -0.4 is 10.2 Å². The van der Waals surface area contributed by atoms with Crippen LogP contribution in [0.25, 0.3) is 6.08 Å². The molecule has 0 aromatic heterocycles. The van der Waals surface area contributed by atoms with Crippen molar-refractivity contribution in [3.8, 4) is 0 Å². The Bertz CT molecular complexity index is 1280. The zero-order chi connectivity index (χ0) is 22.8. The molecule has 7 heteroatoms. The second kappa shape index (κ2) is 8.99. The fourth-order valence-electron chi connectivity index (χ4n) is 3.54. The molecule has 4 rings (SSSR count). The van der Waals surface area contributed by atoms with Crippen LogP contribution in [0, 0.1) is 6.92 Å². The van der Waals surface area contributed by atoms with Crippen molar-refractivity contribution >= 4 is 52.8 Å². The molecule has 0 aliphatic carbocycles. The van der Waals surface area contributed by atoms with Crippen molar-refractivity contribution in [2.24, 2.45) is 0 Å². The summed E-state index contributed by atoms with van der Waals surface area (Å²) in [4.78, 5) is 39.3. The van der Waals surface area contributed by atoms with Crippen molar-refractivity contribution in [3.05, 3.63) is 105 Å². The smallest absolute Gasteiger partial charge is 0.273 e. The maximum atomic E-state index is 13.3. The number of barbiturate groups is 1. The first kappa shape index (κ1) is 21.8. The summed E-state index contributed by atoms with van der Waals surface area (Å²) in [5.41, 5.74) is 3.34. The average Bonchev–Trinajstić information content (AvgIpc) is 2.76. The number of rotatable bonds is 4. The quantitative estimate of drug-likeness (QED) is 0.405. The molecule has 160 valence electrons. The summed E-state index contributed by atoms with van der Waals surface area (Å²) in [7, 11) is 0. The number of urea groups is 1. The molecule has 1 N–H and O–H groups in total. The van der Waals surface area contributed by atoms with Gasteiger partial charge in [0, 0.05) is 10.0 Å². The molecule has 1 aliphatic heterocycles. The zero-order valence-electron chi connectivity index (χ0n) is 17.1. The van der Waals surface area contributed by atoms with E-state index in [0.717, 1.165) is 16.0 Å². The van der Waals surface area contributed by atoms with Gasteiger partial charge in [0.1, 0.15) is 5.57 Å². The highest BCUT2D eigenvalue weighted by Gasteiger charge is 2.37. The number of amides is 4. The lowest BCUT2D eigenvalue weighted by Gasteiger charge is -2.27. The normalized spacial score (nSPS) is 15.3. The van der Waals surface area contributed by atoms with Gasteiger partial charge in [0.25, 0.3) is 11.8 Å². The maximum absolute atomic E-state index is 13.3. The van der Waals surface area contributed by atoms with E-state index in [4.69, 9.17) is 23.2 Å². The first-order valence-electron chi connectivity index (χ1n) is 9.84. The molecule has 0 radical (unpaired) electrons. The molecule has 1 fully saturated rings. The Kier molecular flexibility index (Phi) is 6.12. The summed E-state index contributed by atoms with van der Waals surface area (Å²) in [6, 6.07) is 19.0. The van der Waals surface area contributed by atoms with Crippen molar-refractivity contribution in [2.45, 2.75) is 13.3 Å².